The van der Waals surface area contributed by atoms with Crippen molar-refractivity contribution in [2.75, 3.05) is 34.0 Å². The van der Waals surface area contributed by atoms with Crippen molar-refractivity contribution in [1.29, 1.82) is 0 Å². The van der Waals surface area contributed by atoms with Crippen LogP contribution in [0, 0.1) is 0 Å². The van der Waals surface area contributed by atoms with Gasteiger partial charge in [0.25, 0.3) is 0 Å². The van der Waals surface area contributed by atoms with Gasteiger partial charge in [0.1, 0.15) is 0 Å². The first-order valence-electron chi connectivity index (χ1n) is 9.35. The van der Waals surface area contributed by atoms with E-state index in [-0.39, 0.29) is 17.9 Å². The summed E-state index contributed by atoms with van der Waals surface area (Å²) in [6, 6.07) is 11.4. The van der Waals surface area contributed by atoms with Gasteiger partial charge >= 0.3 is 5.97 Å². The smallest absolute Gasteiger partial charge is 0.337 e. The molecule has 0 aliphatic carbocycles. The molecule has 2 aliphatic heterocycles. The van der Waals surface area contributed by atoms with Gasteiger partial charge in [-0.15, -0.1) is 0 Å². The van der Waals surface area contributed by atoms with Gasteiger partial charge in [0.05, 0.1) is 51.4 Å². The van der Waals surface area contributed by atoms with Crippen molar-refractivity contribution in [2.45, 2.75) is 18.9 Å². The highest BCUT2D eigenvalue weighted by Crippen LogP contribution is 2.41. The molecule has 2 heterocycles. The zero-order valence-electron chi connectivity index (χ0n) is 16.2. The molecule has 2 aromatic carbocycles. The lowest BCUT2D eigenvalue weighted by molar-refractivity contribution is 0.0600. The van der Waals surface area contributed by atoms with Gasteiger partial charge < -0.3 is 18.9 Å². The number of aliphatic imine (C=N–C) groups is 1. The third-order valence-electron chi connectivity index (χ3n) is 5.22. The minimum Gasteiger partial charge on any atom is -0.493 e. The maximum absolute atomic E-state index is 11.7. The number of methoxy groups -OCH3 is 2. The van der Waals surface area contributed by atoms with Crippen LogP contribution in [0.1, 0.15) is 39.9 Å². The predicted octanol–water partition coefficient (Wildman–Crippen LogP) is 3.21. The van der Waals surface area contributed by atoms with Gasteiger partial charge in [-0.25, -0.2) is 4.79 Å². The van der Waals surface area contributed by atoms with E-state index in [4.69, 9.17) is 23.9 Å². The van der Waals surface area contributed by atoms with E-state index in [0.717, 1.165) is 28.2 Å². The van der Waals surface area contributed by atoms with Gasteiger partial charge in [0.2, 0.25) is 0 Å². The number of carbonyl (C=O) groups is 1. The Bertz CT molecular complexity index is 919. The van der Waals surface area contributed by atoms with Crippen LogP contribution in [0.4, 0.5) is 0 Å². The fraction of sp³-hybridized carbons (Fsp3) is 0.364. The van der Waals surface area contributed by atoms with Gasteiger partial charge in [-0.05, 0) is 36.8 Å². The molecular weight excluding hydrogens is 358 g/mol. The second-order valence-electron chi connectivity index (χ2n) is 6.78. The quantitative estimate of drug-likeness (QED) is 0.744. The molecule has 0 aromatic heterocycles. The largest absolute Gasteiger partial charge is 0.493 e. The molecule has 6 nitrogen and oxygen atoms in total. The Morgan fingerprint density at radius 2 is 1.93 bits per heavy atom. The Morgan fingerprint density at radius 3 is 2.61 bits per heavy atom. The van der Waals surface area contributed by atoms with Crippen molar-refractivity contribution >= 4 is 11.7 Å². The molecule has 1 fully saturated rings. The minimum absolute atomic E-state index is 0.0747. The molecule has 0 N–H and O–H groups in total. The Morgan fingerprint density at radius 1 is 1.14 bits per heavy atom. The molecule has 0 amide bonds. The molecule has 0 unspecified atom stereocenters. The fourth-order valence-corrected chi connectivity index (χ4v) is 3.83. The standard InChI is InChI=1S/C22H23NO5/c1-4-28-20-9-15-16(10-19(20)25-2)21(23-18-12-27-11-17(15)18)13-5-7-14(8-6-13)22(24)26-3/h5-10,17-18H,4,11-12H2,1-3H3/t17-,18-/m1/s1. The highest BCUT2D eigenvalue weighted by Gasteiger charge is 2.37. The van der Waals surface area contributed by atoms with Crippen LogP contribution < -0.4 is 9.47 Å². The number of hydrogen-bond donors (Lipinski definition) is 0. The van der Waals surface area contributed by atoms with E-state index >= 15 is 0 Å². The van der Waals surface area contributed by atoms with Crippen LogP contribution in [-0.2, 0) is 9.47 Å². The zero-order valence-corrected chi connectivity index (χ0v) is 16.2. The maximum Gasteiger partial charge on any atom is 0.337 e. The van der Waals surface area contributed by atoms with E-state index in [0.29, 0.717) is 31.1 Å². The average molecular weight is 381 g/mol. The molecule has 2 aromatic rings. The number of benzene rings is 2. The Kier molecular flexibility index (Phi) is 5.05. The van der Waals surface area contributed by atoms with Crippen molar-refractivity contribution < 1.29 is 23.7 Å². The molecule has 2 atom stereocenters. The number of ether oxygens (including phenoxy) is 4. The average Bonchev–Trinajstić information content (AvgIpc) is 3.21. The lowest BCUT2D eigenvalue weighted by atomic mass is 9.83. The van der Waals surface area contributed by atoms with E-state index in [1.165, 1.54) is 7.11 Å². The monoisotopic (exact) mass is 381 g/mol. The molecule has 0 radical (unpaired) electrons. The Hall–Kier alpha value is -2.86. The predicted molar refractivity (Wildman–Crippen MR) is 105 cm³/mol. The third-order valence-corrected chi connectivity index (χ3v) is 5.22. The van der Waals surface area contributed by atoms with Gasteiger partial charge in [-0.2, -0.15) is 0 Å². The van der Waals surface area contributed by atoms with E-state index in [2.05, 4.69) is 6.07 Å². The molecule has 1 saturated heterocycles. The molecule has 6 heteroatoms. The Balaban J connectivity index is 1.81. The van der Waals surface area contributed by atoms with Gasteiger partial charge in [-0.3, -0.25) is 4.99 Å². The topological polar surface area (TPSA) is 66.4 Å². The first-order valence-corrected chi connectivity index (χ1v) is 9.35. The van der Waals surface area contributed by atoms with Crippen LogP contribution in [0.5, 0.6) is 11.5 Å². The number of carbonyl (C=O) groups excluding carboxylic acids is 1. The number of rotatable bonds is 5. The zero-order chi connectivity index (χ0) is 19.7. The fourth-order valence-electron chi connectivity index (χ4n) is 3.83. The summed E-state index contributed by atoms with van der Waals surface area (Å²) < 4.78 is 21.8. The molecular formula is C22H23NO5. The van der Waals surface area contributed by atoms with Crippen molar-refractivity contribution in [3.63, 3.8) is 0 Å². The summed E-state index contributed by atoms with van der Waals surface area (Å²) >= 11 is 0. The summed E-state index contributed by atoms with van der Waals surface area (Å²) in [7, 11) is 3.01. The normalized spacial score (nSPS) is 20.0. The second kappa shape index (κ2) is 7.64. The lowest BCUT2D eigenvalue weighted by Gasteiger charge is -2.27. The summed E-state index contributed by atoms with van der Waals surface area (Å²) in [5.74, 6) is 1.26. The lowest BCUT2D eigenvalue weighted by Crippen LogP contribution is -2.26. The van der Waals surface area contributed by atoms with Crippen LogP contribution >= 0.6 is 0 Å². The van der Waals surface area contributed by atoms with Crippen molar-refractivity contribution in [1.82, 2.24) is 0 Å². The molecule has 0 spiro atoms. The summed E-state index contributed by atoms with van der Waals surface area (Å²) in [5, 5.41) is 0. The number of hydrogen-bond acceptors (Lipinski definition) is 6. The Labute approximate surface area is 164 Å². The van der Waals surface area contributed by atoms with E-state index in [1.54, 1.807) is 19.2 Å². The molecule has 28 heavy (non-hydrogen) atoms. The molecule has 2 aliphatic rings. The van der Waals surface area contributed by atoms with Gasteiger partial charge in [0.15, 0.2) is 11.5 Å². The highest BCUT2D eigenvalue weighted by atomic mass is 16.5. The number of nitrogens with zero attached hydrogens (tertiary/aromatic N) is 1. The molecule has 0 saturated carbocycles. The summed E-state index contributed by atoms with van der Waals surface area (Å²) in [6.07, 6.45) is 0. The minimum atomic E-state index is -0.357. The summed E-state index contributed by atoms with van der Waals surface area (Å²) in [6.45, 7) is 3.77. The first-order chi connectivity index (χ1) is 13.7. The van der Waals surface area contributed by atoms with Crippen LogP contribution in [0.2, 0.25) is 0 Å². The number of fused-ring (bicyclic) bond motifs is 3. The van der Waals surface area contributed by atoms with E-state index in [1.807, 2.05) is 25.1 Å². The van der Waals surface area contributed by atoms with Crippen LogP contribution in [-0.4, -0.2) is 51.8 Å². The maximum atomic E-state index is 11.7. The molecule has 0 bridgehead atoms. The van der Waals surface area contributed by atoms with Crippen LogP contribution in [0.3, 0.4) is 0 Å². The van der Waals surface area contributed by atoms with E-state index in [9.17, 15) is 4.79 Å². The summed E-state index contributed by atoms with van der Waals surface area (Å²) in [4.78, 5) is 16.7. The SMILES string of the molecule is CCOc1cc2c(cc1OC)C(c1ccc(C(=O)OC)cc1)=N[C@@H]1COC[C@H]21. The highest BCUT2D eigenvalue weighted by molar-refractivity contribution is 6.15. The van der Waals surface area contributed by atoms with Crippen LogP contribution in [0.25, 0.3) is 0 Å². The van der Waals surface area contributed by atoms with Gasteiger partial charge in [-0.1, -0.05) is 12.1 Å². The third kappa shape index (κ3) is 3.14. The van der Waals surface area contributed by atoms with E-state index < -0.39 is 0 Å². The number of esters is 1. The molecule has 4 rings (SSSR count). The first kappa shape index (κ1) is 18.5. The second-order valence-corrected chi connectivity index (χ2v) is 6.78. The van der Waals surface area contributed by atoms with Crippen molar-refractivity contribution in [2.24, 2.45) is 4.99 Å². The van der Waals surface area contributed by atoms with Crippen molar-refractivity contribution in [3.8, 4) is 11.5 Å². The van der Waals surface area contributed by atoms with Crippen LogP contribution in [0.15, 0.2) is 41.4 Å². The van der Waals surface area contributed by atoms with Crippen molar-refractivity contribution in [3.05, 3.63) is 58.7 Å². The summed E-state index contributed by atoms with van der Waals surface area (Å²) in [5.41, 5.74) is 4.49. The van der Waals surface area contributed by atoms with Gasteiger partial charge in [0, 0.05) is 17.0 Å². The molecule has 146 valence electrons.